The third-order valence-corrected chi connectivity index (χ3v) is 4.70. The molecule has 1 aliphatic rings. The Kier molecular flexibility index (Phi) is 7.06. The predicted molar refractivity (Wildman–Crippen MR) is 103 cm³/mol. The van der Waals surface area contributed by atoms with E-state index in [1.165, 1.54) is 5.56 Å². The second-order valence-corrected chi connectivity index (χ2v) is 7.80. The summed E-state index contributed by atoms with van der Waals surface area (Å²) in [7, 11) is 0. The molecule has 1 saturated heterocycles. The Balaban J connectivity index is 1.77. The first-order chi connectivity index (χ1) is 12.3. The van der Waals surface area contributed by atoms with Gasteiger partial charge in [0.15, 0.2) is 0 Å². The lowest BCUT2D eigenvalue weighted by atomic mass is 10.0. The maximum atomic E-state index is 12.4. The van der Waals surface area contributed by atoms with Gasteiger partial charge in [0, 0.05) is 25.0 Å². The standard InChI is InChI=1S/C21H32N2O3/c1-14(2)23-13-18(12-20(23)24)21(25)22-16(5)6-7-17-8-10-19(11-9-17)26-15(3)4/h8-11,14-16,18H,6-7,12-13H2,1-5H3,(H,22,25)/t16-,18-/m1/s1. The fourth-order valence-corrected chi connectivity index (χ4v) is 3.23. The maximum Gasteiger partial charge on any atom is 0.225 e. The molecule has 5 nitrogen and oxygen atoms in total. The van der Waals surface area contributed by atoms with Crippen molar-refractivity contribution in [2.75, 3.05) is 6.54 Å². The summed E-state index contributed by atoms with van der Waals surface area (Å²) in [5.41, 5.74) is 1.23. The highest BCUT2D eigenvalue weighted by atomic mass is 16.5. The third kappa shape index (κ3) is 5.75. The molecule has 0 aliphatic carbocycles. The van der Waals surface area contributed by atoms with Crippen LogP contribution in [0.3, 0.4) is 0 Å². The molecular weight excluding hydrogens is 328 g/mol. The van der Waals surface area contributed by atoms with E-state index in [0.717, 1.165) is 18.6 Å². The van der Waals surface area contributed by atoms with Crippen LogP contribution in [0, 0.1) is 5.92 Å². The van der Waals surface area contributed by atoms with Crippen molar-refractivity contribution in [1.82, 2.24) is 10.2 Å². The first-order valence-corrected chi connectivity index (χ1v) is 9.61. The van der Waals surface area contributed by atoms with Crippen LogP contribution in [0.1, 0.15) is 53.0 Å². The van der Waals surface area contributed by atoms with Gasteiger partial charge in [-0.05, 0) is 65.2 Å². The molecule has 0 aromatic heterocycles. The van der Waals surface area contributed by atoms with Crippen LogP contribution in [0.5, 0.6) is 5.75 Å². The molecular formula is C21H32N2O3. The van der Waals surface area contributed by atoms with Gasteiger partial charge in [0.05, 0.1) is 12.0 Å². The molecule has 2 amide bonds. The lowest BCUT2D eigenvalue weighted by Gasteiger charge is -2.21. The number of carbonyl (C=O) groups excluding carboxylic acids is 2. The molecule has 0 unspecified atom stereocenters. The van der Waals surface area contributed by atoms with E-state index in [4.69, 9.17) is 4.74 Å². The normalized spacial score (nSPS) is 18.5. The van der Waals surface area contributed by atoms with E-state index >= 15 is 0 Å². The van der Waals surface area contributed by atoms with E-state index in [1.54, 1.807) is 4.90 Å². The van der Waals surface area contributed by atoms with Crippen molar-refractivity contribution in [3.63, 3.8) is 0 Å². The highest BCUT2D eigenvalue weighted by Gasteiger charge is 2.35. The van der Waals surface area contributed by atoms with Crippen molar-refractivity contribution in [3.05, 3.63) is 29.8 Å². The first-order valence-electron chi connectivity index (χ1n) is 9.61. The number of rotatable bonds is 8. The van der Waals surface area contributed by atoms with Gasteiger partial charge in [-0.15, -0.1) is 0 Å². The van der Waals surface area contributed by atoms with E-state index in [9.17, 15) is 9.59 Å². The Morgan fingerprint density at radius 3 is 2.38 bits per heavy atom. The van der Waals surface area contributed by atoms with Gasteiger partial charge in [-0.3, -0.25) is 9.59 Å². The van der Waals surface area contributed by atoms with Crippen molar-refractivity contribution < 1.29 is 14.3 Å². The molecule has 5 heteroatoms. The predicted octanol–water partition coefficient (Wildman–Crippen LogP) is 3.17. The van der Waals surface area contributed by atoms with Gasteiger partial charge in [-0.2, -0.15) is 0 Å². The van der Waals surface area contributed by atoms with Gasteiger partial charge in [0.2, 0.25) is 11.8 Å². The van der Waals surface area contributed by atoms with E-state index < -0.39 is 0 Å². The minimum Gasteiger partial charge on any atom is -0.491 e. The summed E-state index contributed by atoms with van der Waals surface area (Å²) < 4.78 is 5.65. The minimum absolute atomic E-state index is 0.00492. The second-order valence-electron chi connectivity index (χ2n) is 7.80. The van der Waals surface area contributed by atoms with Crippen LogP contribution in [0.25, 0.3) is 0 Å². The third-order valence-electron chi connectivity index (χ3n) is 4.70. The fourth-order valence-electron chi connectivity index (χ4n) is 3.23. The summed E-state index contributed by atoms with van der Waals surface area (Å²) in [4.78, 5) is 26.2. The van der Waals surface area contributed by atoms with E-state index in [2.05, 4.69) is 17.4 Å². The van der Waals surface area contributed by atoms with E-state index in [0.29, 0.717) is 13.0 Å². The molecule has 0 spiro atoms. The lowest BCUT2D eigenvalue weighted by molar-refractivity contribution is -0.130. The van der Waals surface area contributed by atoms with Gasteiger partial charge in [0.1, 0.15) is 5.75 Å². The molecule has 1 aromatic carbocycles. The van der Waals surface area contributed by atoms with Gasteiger partial charge in [-0.1, -0.05) is 12.1 Å². The van der Waals surface area contributed by atoms with Crippen LogP contribution >= 0.6 is 0 Å². The molecule has 1 aliphatic heterocycles. The van der Waals surface area contributed by atoms with Crippen LogP contribution < -0.4 is 10.1 Å². The summed E-state index contributed by atoms with van der Waals surface area (Å²) >= 11 is 0. The van der Waals surface area contributed by atoms with Crippen LogP contribution in [-0.4, -0.2) is 41.4 Å². The highest BCUT2D eigenvalue weighted by Crippen LogP contribution is 2.21. The van der Waals surface area contributed by atoms with Crippen molar-refractivity contribution in [3.8, 4) is 5.75 Å². The minimum atomic E-state index is -0.222. The van der Waals surface area contributed by atoms with Crippen LogP contribution in [0.15, 0.2) is 24.3 Å². The molecule has 26 heavy (non-hydrogen) atoms. The topological polar surface area (TPSA) is 58.6 Å². The molecule has 0 radical (unpaired) electrons. The molecule has 0 bridgehead atoms. The molecule has 2 atom stereocenters. The highest BCUT2D eigenvalue weighted by molar-refractivity contribution is 5.89. The Labute approximate surface area is 157 Å². The Hall–Kier alpha value is -2.04. The van der Waals surface area contributed by atoms with Crippen molar-refractivity contribution in [1.29, 1.82) is 0 Å². The number of carbonyl (C=O) groups is 2. The molecule has 1 fully saturated rings. The summed E-state index contributed by atoms with van der Waals surface area (Å²) in [6.45, 7) is 10.5. The summed E-state index contributed by atoms with van der Waals surface area (Å²) in [5.74, 6) is 0.733. The maximum absolute atomic E-state index is 12.4. The summed E-state index contributed by atoms with van der Waals surface area (Å²) in [6.07, 6.45) is 2.26. The molecule has 1 aromatic rings. The number of likely N-dealkylation sites (tertiary alicyclic amines) is 1. The Morgan fingerprint density at radius 1 is 1.19 bits per heavy atom. The van der Waals surface area contributed by atoms with Crippen LogP contribution in [-0.2, 0) is 16.0 Å². The van der Waals surface area contributed by atoms with Crippen molar-refractivity contribution >= 4 is 11.8 Å². The number of hydrogen-bond donors (Lipinski definition) is 1. The first kappa shape index (κ1) is 20.3. The average molecular weight is 360 g/mol. The molecule has 2 rings (SSSR count). The zero-order chi connectivity index (χ0) is 19.3. The number of benzene rings is 1. The van der Waals surface area contributed by atoms with Gasteiger partial charge in [-0.25, -0.2) is 0 Å². The number of nitrogens with zero attached hydrogens (tertiary/aromatic N) is 1. The van der Waals surface area contributed by atoms with Crippen LogP contribution in [0.4, 0.5) is 0 Å². The zero-order valence-electron chi connectivity index (χ0n) is 16.6. The molecule has 0 saturated carbocycles. The van der Waals surface area contributed by atoms with Gasteiger partial charge >= 0.3 is 0 Å². The fraction of sp³-hybridized carbons (Fsp3) is 0.619. The van der Waals surface area contributed by atoms with E-state index in [1.807, 2.05) is 46.8 Å². The monoisotopic (exact) mass is 360 g/mol. The van der Waals surface area contributed by atoms with E-state index in [-0.39, 0.29) is 35.9 Å². The second kappa shape index (κ2) is 9.06. The quantitative estimate of drug-likeness (QED) is 0.775. The number of amides is 2. The Morgan fingerprint density at radius 2 is 1.85 bits per heavy atom. The zero-order valence-corrected chi connectivity index (χ0v) is 16.6. The molecule has 1 heterocycles. The van der Waals surface area contributed by atoms with Gasteiger partial charge < -0.3 is 15.0 Å². The smallest absolute Gasteiger partial charge is 0.225 e. The largest absolute Gasteiger partial charge is 0.491 e. The number of aryl methyl sites for hydroxylation is 1. The number of hydrogen-bond acceptors (Lipinski definition) is 3. The Bertz CT molecular complexity index is 610. The molecule has 1 N–H and O–H groups in total. The SMILES string of the molecule is CC(C)Oc1ccc(CC[C@@H](C)NC(=O)[C@@H]2CC(=O)N(C(C)C)C2)cc1. The average Bonchev–Trinajstić information content (AvgIpc) is 2.96. The molecule has 144 valence electrons. The van der Waals surface area contributed by atoms with Crippen molar-refractivity contribution in [2.24, 2.45) is 5.92 Å². The number of nitrogens with one attached hydrogen (secondary N) is 1. The van der Waals surface area contributed by atoms with Gasteiger partial charge in [0.25, 0.3) is 0 Å². The van der Waals surface area contributed by atoms with Crippen LogP contribution in [0.2, 0.25) is 0 Å². The summed E-state index contributed by atoms with van der Waals surface area (Å²) in [6, 6.07) is 8.36. The summed E-state index contributed by atoms with van der Waals surface area (Å²) in [5, 5.41) is 3.07. The number of ether oxygens (including phenoxy) is 1. The lowest BCUT2D eigenvalue weighted by Crippen LogP contribution is -2.39. The van der Waals surface area contributed by atoms with Crippen molar-refractivity contribution in [2.45, 2.75) is 72.1 Å².